The molecule has 1 saturated heterocycles. The lowest BCUT2D eigenvalue weighted by Crippen LogP contribution is -2.40. The summed E-state index contributed by atoms with van der Waals surface area (Å²) in [6, 6.07) is 7.89. The van der Waals surface area contributed by atoms with E-state index in [1.54, 1.807) is 18.2 Å². The quantitative estimate of drug-likeness (QED) is 0.447. The molecular weight excluding hydrogens is 420 g/mol. The Morgan fingerprint density at radius 3 is 2.42 bits per heavy atom. The van der Waals surface area contributed by atoms with Crippen LogP contribution in [-0.2, 0) is 9.59 Å². The first kappa shape index (κ1) is 18.6. The number of carboxylic acid groups (broad SMARTS) is 1. The van der Waals surface area contributed by atoms with Crippen LogP contribution in [0.15, 0.2) is 52.0 Å². The number of benzene rings is 1. The Labute approximate surface area is 182 Å². The first-order valence-electron chi connectivity index (χ1n) is 10.2. The third kappa shape index (κ3) is 2.66. The first-order chi connectivity index (χ1) is 14.9. The van der Waals surface area contributed by atoms with E-state index in [9.17, 15) is 19.5 Å². The maximum Gasteiger partial charge on any atom is 0.337 e. The minimum absolute atomic E-state index is 0.0251. The lowest BCUT2D eigenvalue weighted by molar-refractivity contribution is -0.140. The second-order valence-electron chi connectivity index (χ2n) is 8.59. The van der Waals surface area contributed by atoms with Gasteiger partial charge >= 0.3 is 5.97 Å². The molecule has 31 heavy (non-hydrogen) atoms. The molecule has 2 amide bonds. The minimum atomic E-state index is -1.13. The van der Waals surface area contributed by atoms with Gasteiger partial charge in [0.05, 0.1) is 28.6 Å². The zero-order valence-corrected chi connectivity index (χ0v) is 16.9. The average Bonchev–Trinajstić information content (AvgIpc) is 3.39. The molecule has 3 fully saturated rings. The van der Waals surface area contributed by atoms with Crippen LogP contribution in [0.3, 0.4) is 0 Å². The number of furan rings is 1. The molecule has 156 valence electrons. The van der Waals surface area contributed by atoms with E-state index in [0.717, 1.165) is 11.4 Å². The number of carbonyl (C=O) groups is 3. The van der Waals surface area contributed by atoms with E-state index < -0.39 is 5.97 Å². The van der Waals surface area contributed by atoms with Crippen LogP contribution in [-0.4, -0.2) is 34.1 Å². The van der Waals surface area contributed by atoms with Gasteiger partial charge in [0.1, 0.15) is 11.5 Å². The molecule has 6 atom stereocenters. The van der Waals surface area contributed by atoms with E-state index in [1.807, 2.05) is 0 Å². The Morgan fingerprint density at radius 1 is 1.10 bits per heavy atom. The summed E-state index contributed by atoms with van der Waals surface area (Å²) in [5, 5.41) is 14.5. The molecule has 1 aromatic carbocycles. The lowest BCUT2D eigenvalue weighted by atomic mass is 9.63. The summed E-state index contributed by atoms with van der Waals surface area (Å²) in [7, 11) is 0. The zero-order chi connectivity index (χ0) is 21.4. The molecule has 1 aliphatic heterocycles. The fourth-order valence-electron chi connectivity index (χ4n) is 5.59. The maximum atomic E-state index is 12.9. The number of hydrogen-bond acceptors (Lipinski definition) is 5. The molecule has 4 aliphatic carbocycles. The van der Waals surface area contributed by atoms with Crippen LogP contribution in [0.5, 0.6) is 0 Å². The number of hydrazone groups is 1. The van der Waals surface area contributed by atoms with Crippen molar-refractivity contribution in [2.24, 2.45) is 40.6 Å². The van der Waals surface area contributed by atoms with Gasteiger partial charge in [-0.15, -0.1) is 0 Å². The van der Waals surface area contributed by atoms with Crippen LogP contribution in [0.4, 0.5) is 0 Å². The lowest BCUT2D eigenvalue weighted by Gasteiger charge is -2.37. The van der Waals surface area contributed by atoms with Crippen LogP contribution < -0.4 is 0 Å². The predicted molar refractivity (Wildman–Crippen MR) is 110 cm³/mol. The monoisotopic (exact) mass is 436 g/mol. The molecule has 0 radical (unpaired) electrons. The fourth-order valence-corrected chi connectivity index (χ4v) is 5.79. The molecule has 1 N–H and O–H groups in total. The molecule has 7 nitrogen and oxygen atoms in total. The summed E-state index contributed by atoms with van der Waals surface area (Å²) in [4.78, 5) is 37.2. The number of aromatic carboxylic acids is 1. The van der Waals surface area contributed by atoms with Gasteiger partial charge in [-0.2, -0.15) is 10.1 Å². The smallest absolute Gasteiger partial charge is 0.337 e. The average molecular weight is 437 g/mol. The molecule has 2 saturated carbocycles. The van der Waals surface area contributed by atoms with Crippen LogP contribution in [0, 0.1) is 35.5 Å². The Hall–Kier alpha value is -3.19. The standard InChI is InChI=1S/C23H17ClN2O5/c24-17-5-1-10(7-16(17)23(29)30)18-6-2-11(31-18)9-25-26-21(27)19-12-3-4-13(15-8-14(12)15)20(19)22(26)28/h1-7,9,12-15,19-20H,8H2,(H,29,30)/t12-,13-,14-,15+,19+,20+/m0/s1. The Kier molecular flexibility index (Phi) is 3.84. The van der Waals surface area contributed by atoms with Crippen molar-refractivity contribution in [3.8, 4) is 11.3 Å². The molecule has 1 aromatic heterocycles. The summed E-state index contributed by atoms with van der Waals surface area (Å²) in [5.41, 5.74) is 0.519. The topological polar surface area (TPSA) is 100 Å². The minimum Gasteiger partial charge on any atom is -0.478 e. The van der Waals surface area contributed by atoms with Crippen LogP contribution in [0.2, 0.25) is 5.02 Å². The Bertz CT molecular complexity index is 1180. The van der Waals surface area contributed by atoms with Crippen molar-refractivity contribution in [3.63, 3.8) is 0 Å². The highest BCUT2D eigenvalue weighted by Gasteiger charge is 2.67. The summed E-state index contributed by atoms with van der Waals surface area (Å²) >= 11 is 5.92. The van der Waals surface area contributed by atoms with E-state index in [-0.39, 0.29) is 46.1 Å². The van der Waals surface area contributed by atoms with Crippen LogP contribution in [0.25, 0.3) is 11.3 Å². The van der Waals surface area contributed by atoms with E-state index in [4.69, 9.17) is 16.0 Å². The van der Waals surface area contributed by atoms with Gasteiger partial charge in [0.15, 0.2) is 0 Å². The molecule has 2 bridgehead atoms. The van der Waals surface area contributed by atoms with Crippen molar-refractivity contribution in [1.82, 2.24) is 5.01 Å². The number of rotatable bonds is 4. The predicted octanol–water partition coefficient (Wildman–Crippen LogP) is 3.69. The van der Waals surface area contributed by atoms with Gasteiger partial charge in [-0.1, -0.05) is 23.8 Å². The number of amides is 2. The first-order valence-corrected chi connectivity index (χ1v) is 10.5. The molecule has 2 aromatic rings. The van der Waals surface area contributed by atoms with Crippen molar-refractivity contribution in [3.05, 3.63) is 58.8 Å². The van der Waals surface area contributed by atoms with Crippen molar-refractivity contribution in [2.45, 2.75) is 6.42 Å². The van der Waals surface area contributed by atoms with Gasteiger partial charge in [0, 0.05) is 5.56 Å². The van der Waals surface area contributed by atoms with E-state index in [1.165, 1.54) is 18.3 Å². The van der Waals surface area contributed by atoms with E-state index in [2.05, 4.69) is 17.3 Å². The second-order valence-corrected chi connectivity index (χ2v) is 9.00. The van der Waals surface area contributed by atoms with Gasteiger partial charge in [-0.25, -0.2) is 4.79 Å². The van der Waals surface area contributed by atoms with Crippen LogP contribution in [0.1, 0.15) is 22.5 Å². The Balaban J connectivity index is 1.24. The van der Waals surface area contributed by atoms with Crippen molar-refractivity contribution in [2.75, 3.05) is 0 Å². The Morgan fingerprint density at radius 2 is 1.77 bits per heavy atom. The van der Waals surface area contributed by atoms with Crippen LogP contribution >= 0.6 is 11.6 Å². The number of carboxylic acids is 1. The number of allylic oxidation sites excluding steroid dienone is 2. The van der Waals surface area contributed by atoms with Crippen molar-refractivity contribution >= 4 is 35.6 Å². The van der Waals surface area contributed by atoms with Gasteiger partial charge < -0.3 is 9.52 Å². The highest BCUT2D eigenvalue weighted by atomic mass is 35.5. The number of nitrogens with zero attached hydrogens (tertiary/aromatic N) is 2. The van der Waals surface area contributed by atoms with Gasteiger partial charge in [0.25, 0.3) is 11.8 Å². The third-order valence-corrected chi connectivity index (χ3v) is 7.38. The SMILES string of the molecule is O=C(O)c1cc(-c2ccc(C=NN3C(=O)[C@@H]4[C@H]5C=C[C@@H]([C@@H]6C[C@H]56)[C@H]4C3=O)o2)ccc1Cl. The normalized spacial score (nSPS) is 32.6. The van der Waals surface area contributed by atoms with Gasteiger partial charge in [0.2, 0.25) is 0 Å². The summed E-state index contributed by atoms with van der Waals surface area (Å²) in [5.74, 6) is -0.0124. The van der Waals surface area contributed by atoms with Crippen molar-refractivity contribution < 1.29 is 23.9 Å². The maximum absolute atomic E-state index is 12.9. The number of halogens is 1. The highest BCUT2D eigenvalue weighted by molar-refractivity contribution is 6.33. The summed E-state index contributed by atoms with van der Waals surface area (Å²) < 4.78 is 5.73. The largest absolute Gasteiger partial charge is 0.478 e. The fraction of sp³-hybridized carbons (Fsp3) is 0.304. The molecule has 5 aliphatic rings. The second kappa shape index (κ2) is 6.40. The van der Waals surface area contributed by atoms with E-state index >= 15 is 0 Å². The zero-order valence-electron chi connectivity index (χ0n) is 16.1. The van der Waals surface area contributed by atoms with Gasteiger partial charge in [-0.3, -0.25) is 9.59 Å². The molecule has 0 unspecified atom stereocenters. The third-order valence-electron chi connectivity index (χ3n) is 7.05. The molecule has 8 heteroatoms. The summed E-state index contributed by atoms with van der Waals surface area (Å²) in [6.45, 7) is 0. The highest BCUT2D eigenvalue weighted by Crippen LogP contribution is 2.65. The van der Waals surface area contributed by atoms with E-state index in [0.29, 0.717) is 28.9 Å². The molecular formula is C23H17ClN2O5. The summed E-state index contributed by atoms with van der Waals surface area (Å²) in [6.07, 6.45) is 6.70. The van der Waals surface area contributed by atoms with Crippen molar-refractivity contribution in [1.29, 1.82) is 0 Å². The number of hydrogen-bond donors (Lipinski definition) is 1. The molecule has 0 spiro atoms. The molecule has 7 rings (SSSR count). The number of carbonyl (C=O) groups excluding carboxylic acids is 2. The number of imide groups is 1. The molecule has 2 heterocycles. The van der Waals surface area contributed by atoms with Gasteiger partial charge in [-0.05, 0) is 60.4 Å².